The number of H-pyrrole nitrogens is 1. The normalized spacial score (nSPS) is 16.9. The number of urea groups is 1. The first-order chi connectivity index (χ1) is 13.1. The van der Waals surface area contributed by atoms with E-state index < -0.39 is 11.6 Å². The van der Waals surface area contributed by atoms with Gasteiger partial charge in [-0.1, -0.05) is 6.07 Å². The summed E-state index contributed by atoms with van der Waals surface area (Å²) in [6, 6.07) is 9.48. The van der Waals surface area contributed by atoms with Crippen LogP contribution >= 0.6 is 0 Å². The van der Waals surface area contributed by atoms with Crippen molar-refractivity contribution in [2.45, 2.75) is 24.9 Å². The zero-order chi connectivity index (χ0) is 18.4. The molecule has 2 aliphatic rings. The lowest BCUT2D eigenvalue weighted by atomic mass is 9.77. The molecule has 27 heavy (non-hydrogen) atoms. The van der Waals surface area contributed by atoms with E-state index in [2.05, 4.69) is 20.8 Å². The van der Waals surface area contributed by atoms with Gasteiger partial charge in [0.05, 0.1) is 23.1 Å². The minimum absolute atomic E-state index is 0.377. The highest BCUT2D eigenvalue weighted by Gasteiger charge is 2.41. The second-order valence-electron chi connectivity index (χ2n) is 6.93. The standard InChI is InChI=1S/C20H17FN4O2/c21-12-5-6-18-13(9-12)17(10-20(27-18)7-2-8-20)24-19(26)23-15-3-1-4-16-14(15)11-22-25-16/h1,3-6,9-11H,2,7-8H2,(H,22,25)(H2,23,24,26). The quantitative estimate of drug-likeness (QED) is 0.638. The van der Waals surface area contributed by atoms with Gasteiger partial charge < -0.3 is 15.4 Å². The number of anilines is 1. The van der Waals surface area contributed by atoms with Gasteiger partial charge in [0, 0.05) is 10.9 Å². The average molecular weight is 364 g/mol. The Hall–Kier alpha value is -3.35. The maximum Gasteiger partial charge on any atom is 0.323 e. The van der Waals surface area contributed by atoms with Crippen molar-refractivity contribution in [1.29, 1.82) is 0 Å². The fraction of sp³-hybridized carbons (Fsp3) is 0.200. The SMILES string of the molecule is O=C(NC1=CC2(CCC2)Oc2ccc(F)cc21)Nc1cccc2[nH]ncc12. The van der Waals surface area contributed by atoms with Crippen LogP contribution in [0.4, 0.5) is 14.9 Å². The number of carbonyl (C=O) groups excluding carboxylic acids is 1. The topological polar surface area (TPSA) is 79.0 Å². The van der Waals surface area contributed by atoms with E-state index in [1.54, 1.807) is 18.3 Å². The highest BCUT2D eigenvalue weighted by Crippen LogP contribution is 2.45. The molecule has 0 radical (unpaired) electrons. The highest BCUT2D eigenvalue weighted by molar-refractivity contribution is 6.02. The Labute approximate surface area is 154 Å². The van der Waals surface area contributed by atoms with Gasteiger partial charge in [-0.15, -0.1) is 0 Å². The van der Waals surface area contributed by atoms with Crippen LogP contribution in [0.3, 0.4) is 0 Å². The number of benzene rings is 2. The second-order valence-corrected chi connectivity index (χ2v) is 6.93. The molecule has 2 heterocycles. The number of amides is 2. The predicted octanol–water partition coefficient (Wildman–Crippen LogP) is 4.18. The largest absolute Gasteiger partial charge is 0.482 e. The third kappa shape index (κ3) is 2.71. The molecule has 1 saturated carbocycles. The van der Waals surface area contributed by atoms with Crippen LogP contribution in [0, 0.1) is 5.82 Å². The van der Waals surface area contributed by atoms with Crippen LogP contribution in [0.1, 0.15) is 24.8 Å². The van der Waals surface area contributed by atoms with E-state index in [1.165, 1.54) is 12.1 Å². The van der Waals surface area contributed by atoms with Crippen molar-refractivity contribution in [1.82, 2.24) is 15.5 Å². The van der Waals surface area contributed by atoms with Crippen molar-refractivity contribution in [2.75, 3.05) is 5.32 Å². The number of aromatic nitrogens is 2. The van der Waals surface area contributed by atoms with Crippen LogP contribution < -0.4 is 15.4 Å². The molecule has 6 nitrogen and oxygen atoms in total. The average Bonchev–Trinajstić information content (AvgIpc) is 3.10. The van der Waals surface area contributed by atoms with Gasteiger partial charge >= 0.3 is 6.03 Å². The van der Waals surface area contributed by atoms with Gasteiger partial charge in [-0.25, -0.2) is 9.18 Å². The van der Waals surface area contributed by atoms with Crippen LogP contribution in [-0.4, -0.2) is 21.8 Å². The Morgan fingerprint density at radius 2 is 2.11 bits per heavy atom. The molecule has 1 aliphatic carbocycles. The summed E-state index contributed by atoms with van der Waals surface area (Å²) in [6.07, 6.45) is 6.38. The summed E-state index contributed by atoms with van der Waals surface area (Å²) in [5, 5.41) is 13.4. The van der Waals surface area contributed by atoms with Crippen molar-refractivity contribution in [3.8, 4) is 5.75 Å². The summed E-state index contributed by atoms with van der Waals surface area (Å²) in [6.45, 7) is 0. The Balaban J connectivity index is 1.44. The van der Waals surface area contributed by atoms with Gasteiger partial charge in [-0.2, -0.15) is 5.10 Å². The maximum absolute atomic E-state index is 13.8. The van der Waals surface area contributed by atoms with Gasteiger partial charge in [0.15, 0.2) is 0 Å². The first-order valence-corrected chi connectivity index (χ1v) is 8.84. The summed E-state index contributed by atoms with van der Waals surface area (Å²) < 4.78 is 19.8. The van der Waals surface area contributed by atoms with Crippen LogP contribution in [0.15, 0.2) is 48.7 Å². The molecule has 0 unspecified atom stereocenters. The van der Waals surface area contributed by atoms with Crippen LogP contribution in [0.5, 0.6) is 5.75 Å². The molecule has 5 rings (SSSR count). The lowest BCUT2D eigenvalue weighted by Crippen LogP contribution is -2.44. The summed E-state index contributed by atoms with van der Waals surface area (Å²) in [5.41, 5.74) is 2.18. The molecule has 2 aromatic carbocycles. The minimum atomic E-state index is -0.405. The van der Waals surface area contributed by atoms with Gasteiger partial charge in [0.2, 0.25) is 0 Å². The summed E-state index contributed by atoms with van der Waals surface area (Å²) in [5.74, 6) is 0.212. The molecular weight excluding hydrogens is 347 g/mol. The molecule has 3 aromatic rings. The number of carbonyl (C=O) groups is 1. The smallest absolute Gasteiger partial charge is 0.323 e. The van der Waals surface area contributed by atoms with E-state index in [0.29, 0.717) is 22.7 Å². The van der Waals surface area contributed by atoms with Gasteiger partial charge in [-0.3, -0.25) is 5.10 Å². The van der Waals surface area contributed by atoms with Crippen molar-refractivity contribution in [2.24, 2.45) is 0 Å². The molecule has 0 saturated heterocycles. The minimum Gasteiger partial charge on any atom is -0.482 e. The summed E-state index contributed by atoms with van der Waals surface area (Å²) >= 11 is 0. The molecule has 1 spiro atoms. The number of nitrogens with one attached hydrogen (secondary N) is 3. The Kier molecular flexibility index (Phi) is 3.43. The zero-order valence-electron chi connectivity index (χ0n) is 14.4. The number of hydrogen-bond acceptors (Lipinski definition) is 3. The fourth-order valence-corrected chi connectivity index (χ4v) is 3.62. The number of nitrogens with zero attached hydrogens (tertiary/aromatic N) is 1. The second kappa shape index (κ2) is 5.84. The van der Waals surface area contributed by atoms with Gasteiger partial charge in [0.1, 0.15) is 17.2 Å². The number of rotatable bonds is 2. The number of ether oxygens (including phenoxy) is 1. The summed E-state index contributed by atoms with van der Waals surface area (Å²) in [4.78, 5) is 12.6. The first-order valence-electron chi connectivity index (χ1n) is 8.84. The molecule has 1 fully saturated rings. The third-order valence-electron chi connectivity index (χ3n) is 5.13. The number of hydrogen-bond donors (Lipinski definition) is 3. The van der Waals surface area contributed by atoms with E-state index in [9.17, 15) is 9.18 Å². The van der Waals surface area contributed by atoms with E-state index in [1.807, 2.05) is 18.2 Å². The van der Waals surface area contributed by atoms with Gasteiger partial charge in [-0.05, 0) is 55.7 Å². The number of halogens is 1. The van der Waals surface area contributed by atoms with Crippen molar-refractivity contribution < 1.29 is 13.9 Å². The molecule has 7 heteroatoms. The van der Waals surface area contributed by atoms with Crippen LogP contribution in [-0.2, 0) is 0 Å². The predicted molar refractivity (Wildman–Crippen MR) is 99.8 cm³/mol. The third-order valence-corrected chi connectivity index (χ3v) is 5.13. The Morgan fingerprint density at radius 1 is 1.22 bits per heavy atom. The molecule has 1 aliphatic heterocycles. The Morgan fingerprint density at radius 3 is 2.93 bits per heavy atom. The van der Waals surface area contributed by atoms with Crippen molar-refractivity contribution in [3.63, 3.8) is 0 Å². The Bertz CT molecular complexity index is 1080. The van der Waals surface area contributed by atoms with Crippen molar-refractivity contribution >= 4 is 28.3 Å². The molecule has 0 atom stereocenters. The first kappa shape index (κ1) is 15.9. The monoisotopic (exact) mass is 364 g/mol. The van der Waals surface area contributed by atoms with Gasteiger partial charge in [0.25, 0.3) is 0 Å². The van der Waals surface area contributed by atoms with Crippen LogP contribution in [0.2, 0.25) is 0 Å². The van der Waals surface area contributed by atoms with E-state index in [0.717, 1.165) is 30.2 Å². The fourth-order valence-electron chi connectivity index (χ4n) is 3.62. The molecule has 2 amide bonds. The molecule has 3 N–H and O–H groups in total. The lowest BCUT2D eigenvalue weighted by Gasteiger charge is -2.43. The molecule has 136 valence electrons. The van der Waals surface area contributed by atoms with E-state index in [-0.39, 0.29) is 5.82 Å². The lowest BCUT2D eigenvalue weighted by molar-refractivity contribution is 0.0371. The summed E-state index contributed by atoms with van der Waals surface area (Å²) in [7, 11) is 0. The number of aromatic amines is 1. The molecule has 1 aromatic heterocycles. The van der Waals surface area contributed by atoms with E-state index >= 15 is 0 Å². The van der Waals surface area contributed by atoms with E-state index in [4.69, 9.17) is 4.74 Å². The molecule has 0 bridgehead atoms. The molecular formula is C20H17FN4O2. The maximum atomic E-state index is 13.8. The van der Waals surface area contributed by atoms with Crippen molar-refractivity contribution in [3.05, 3.63) is 60.1 Å². The highest BCUT2D eigenvalue weighted by atomic mass is 19.1. The van der Waals surface area contributed by atoms with Crippen LogP contribution in [0.25, 0.3) is 16.6 Å². The zero-order valence-corrected chi connectivity index (χ0v) is 14.4. The number of fused-ring (bicyclic) bond motifs is 2.